The maximum atomic E-state index is 12.9. The monoisotopic (exact) mass is 775 g/mol. The number of nitrogens with one attached hydrogen (secondary N) is 3. The van der Waals surface area contributed by atoms with Crippen LogP contribution < -0.4 is 16.1 Å². The zero-order chi connectivity index (χ0) is 36.3. The first kappa shape index (κ1) is 36.2. The average molecular weight is 776 g/mol. The van der Waals surface area contributed by atoms with Crippen molar-refractivity contribution in [2.45, 2.75) is 47.3 Å². The topological polar surface area (TPSA) is 285 Å². The molecule has 1 unspecified atom stereocenters. The number of hydrogen-bond acceptors (Lipinski definition) is 15. The molecule has 0 saturated carbocycles. The molecule has 0 saturated heterocycles. The van der Waals surface area contributed by atoms with E-state index in [-0.39, 0.29) is 16.0 Å². The minimum Gasteiger partial charge on any atom is -0.342 e. The molecule has 3 heterocycles. The van der Waals surface area contributed by atoms with Crippen LogP contribution in [-0.4, -0.2) is 76.6 Å². The van der Waals surface area contributed by atoms with Crippen molar-refractivity contribution in [1.29, 1.82) is 0 Å². The number of anilines is 2. The van der Waals surface area contributed by atoms with Gasteiger partial charge in [-0.15, -0.1) is 10.2 Å². The highest BCUT2D eigenvalue weighted by Crippen LogP contribution is 2.53. The number of carbonyl (C=O) groups excluding carboxylic acids is 1. The Balaban J connectivity index is 1.36. The molecule has 0 bridgehead atoms. The first-order valence-electron chi connectivity index (χ1n) is 13.6. The van der Waals surface area contributed by atoms with E-state index in [9.17, 15) is 43.7 Å². The van der Waals surface area contributed by atoms with Crippen LogP contribution in [0.15, 0.2) is 67.6 Å². The fourth-order valence-corrected chi connectivity index (χ4v) is 8.19. The molecule has 0 aliphatic carbocycles. The van der Waals surface area contributed by atoms with Crippen LogP contribution in [0, 0.1) is 0 Å². The van der Waals surface area contributed by atoms with Crippen LogP contribution in [0.5, 0.6) is 0 Å². The number of aromatic nitrogens is 4. The van der Waals surface area contributed by atoms with Crippen molar-refractivity contribution in [2.75, 3.05) is 28.6 Å². The van der Waals surface area contributed by atoms with Gasteiger partial charge < -0.3 is 10.6 Å². The standard InChI is InChI=1S/C25H29N9O10S5/c1-25(2,3)19-18(29-30-23-28-24(33-45-23)46(4,5)49(42,43)44)21-27-20(32-34(21)31-19)13-6-8-15(9-7-13)26-22(35)14-10-16(47(36,37)38)12-17(11-14)48(39,40)41/h6-12,20,27,32H,1-5H3,(H,26,35)(H,36,37,38)(H,39,40,41)(H,42,43,44). The van der Waals surface area contributed by atoms with Gasteiger partial charge in [0.1, 0.15) is 6.17 Å². The second-order valence-electron chi connectivity index (χ2n) is 11.9. The molecule has 4 aromatic rings. The number of hydrogen-bond donors (Lipinski definition) is 6. The number of carbonyl (C=O) groups is 1. The Bertz CT molecular complexity index is 2280. The number of azo groups is 1. The lowest BCUT2D eigenvalue weighted by molar-refractivity contribution is 0.102. The van der Waals surface area contributed by atoms with E-state index in [1.165, 1.54) is 29.4 Å². The van der Waals surface area contributed by atoms with Crippen LogP contribution >= 0.6 is 20.6 Å². The molecule has 1 aliphatic rings. The van der Waals surface area contributed by atoms with E-state index in [0.29, 0.717) is 28.8 Å². The Labute approximate surface area is 285 Å². The van der Waals surface area contributed by atoms with Crippen molar-refractivity contribution in [3.05, 3.63) is 59.3 Å². The van der Waals surface area contributed by atoms with Crippen LogP contribution in [-0.2, 0) is 34.8 Å². The van der Waals surface area contributed by atoms with E-state index in [0.717, 1.165) is 23.7 Å². The van der Waals surface area contributed by atoms with Gasteiger partial charge in [0.2, 0.25) is 5.13 Å². The summed E-state index contributed by atoms with van der Waals surface area (Å²) in [5.41, 5.74) is 4.12. The number of nitrogens with zero attached hydrogens (tertiary/aromatic N) is 6. The second-order valence-corrected chi connectivity index (χ2v) is 22.9. The molecule has 0 radical (unpaired) electrons. The molecule has 0 spiro atoms. The van der Waals surface area contributed by atoms with E-state index < -0.39 is 71.3 Å². The molecule has 2 aromatic heterocycles. The summed E-state index contributed by atoms with van der Waals surface area (Å²) < 4.78 is 102. The lowest BCUT2D eigenvalue weighted by atomic mass is 9.91. The van der Waals surface area contributed by atoms with Gasteiger partial charge in [-0.3, -0.25) is 23.9 Å². The highest BCUT2D eigenvalue weighted by atomic mass is 33.2. The lowest BCUT2D eigenvalue weighted by Gasteiger charge is -2.22. The van der Waals surface area contributed by atoms with Gasteiger partial charge in [0.25, 0.3) is 26.1 Å². The maximum Gasteiger partial charge on any atom is 0.308 e. The summed E-state index contributed by atoms with van der Waals surface area (Å²) in [6.45, 7) is 5.79. The largest absolute Gasteiger partial charge is 0.342 e. The first-order valence-corrected chi connectivity index (χ1v) is 21.7. The van der Waals surface area contributed by atoms with Gasteiger partial charge in [0.05, 0.1) is 15.5 Å². The fraction of sp³-hybridized carbons (Fsp3) is 0.280. The SMILES string of the molecule is CC(C)(C)c1nn2c(c1N=Nc1nc(S(C)(C)S(=O)(=O)O)ns1)NC(c1ccc(NC(=O)c3cc(S(=O)(=O)O)cc(S(=O)(=O)O)c3)cc1)N2. The minimum absolute atomic E-state index is 0.0563. The molecule has 0 fully saturated rings. The average Bonchev–Trinajstić information content (AvgIpc) is 3.70. The summed E-state index contributed by atoms with van der Waals surface area (Å²) in [5.74, 6) is -0.464. The molecule has 6 N–H and O–H groups in total. The zero-order valence-electron chi connectivity index (χ0n) is 26.0. The van der Waals surface area contributed by atoms with Gasteiger partial charge in [-0.1, -0.05) is 42.0 Å². The predicted molar refractivity (Wildman–Crippen MR) is 180 cm³/mol. The van der Waals surface area contributed by atoms with Crippen LogP contribution in [0.4, 0.5) is 22.3 Å². The minimum atomic E-state index is -4.91. The van der Waals surface area contributed by atoms with Gasteiger partial charge in [-0.25, -0.2) is 0 Å². The zero-order valence-corrected chi connectivity index (χ0v) is 30.1. The number of amides is 1. The van der Waals surface area contributed by atoms with Crippen molar-refractivity contribution < 1.29 is 43.7 Å². The molecule has 1 amide bonds. The number of fused-ring (bicyclic) bond motifs is 1. The molecule has 19 nitrogen and oxygen atoms in total. The van der Waals surface area contributed by atoms with Crippen molar-refractivity contribution in [3.8, 4) is 0 Å². The Hall–Kier alpha value is -4.04. The van der Waals surface area contributed by atoms with E-state index in [1.807, 2.05) is 20.8 Å². The lowest BCUT2D eigenvalue weighted by Crippen LogP contribution is -2.20. The van der Waals surface area contributed by atoms with Gasteiger partial charge in [0.15, 0.2) is 16.7 Å². The van der Waals surface area contributed by atoms with E-state index >= 15 is 0 Å². The second kappa shape index (κ2) is 12.4. The summed E-state index contributed by atoms with van der Waals surface area (Å²) >= 11 is 0.821. The summed E-state index contributed by atoms with van der Waals surface area (Å²) in [4.78, 5) is 16.7. The van der Waals surface area contributed by atoms with E-state index in [1.54, 1.807) is 12.1 Å². The summed E-state index contributed by atoms with van der Waals surface area (Å²) in [7, 11) is -17.0. The maximum absolute atomic E-state index is 12.9. The molecule has 5 rings (SSSR count). The third kappa shape index (κ3) is 7.59. The molecule has 2 aromatic carbocycles. The van der Waals surface area contributed by atoms with Crippen LogP contribution in [0.1, 0.15) is 48.6 Å². The van der Waals surface area contributed by atoms with Gasteiger partial charge in [0, 0.05) is 28.2 Å². The Morgan fingerprint density at radius 2 is 1.53 bits per heavy atom. The predicted octanol–water partition coefficient (Wildman–Crippen LogP) is 4.09. The molecule has 1 aliphatic heterocycles. The molecule has 264 valence electrons. The Morgan fingerprint density at radius 3 is 2.06 bits per heavy atom. The summed E-state index contributed by atoms with van der Waals surface area (Å²) in [6.07, 6.45) is 2.15. The Morgan fingerprint density at radius 1 is 0.939 bits per heavy atom. The van der Waals surface area contributed by atoms with E-state index in [4.69, 9.17) is 0 Å². The Kier molecular flexibility index (Phi) is 9.16. The van der Waals surface area contributed by atoms with Gasteiger partial charge in [-0.05, 0) is 48.4 Å². The van der Waals surface area contributed by atoms with Crippen LogP contribution in [0.3, 0.4) is 0 Å². The third-order valence-corrected chi connectivity index (χ3v) is 15.0. The van der Waals surface area contributed by atoms with Gasteiger partial charge >= 0.3 is 9.15 Å². The van der Waals surface area contributed by atoms with Crippen molar-refractivity contribution in [1.82, 2.24) is 19.2 Å². The molecule has 49 heavy (non-hydrogen) atoms. The highest BCUT2D eigenvalue weighted by Gasteiger charge is 2.35. The highest BCUT2D eigenvalue weighted by molar-refractivity contribution is 8.88. The number of rotatable bonds is 9. The molecular formula is C25H29N9O10S5. The molecule has 1 atom stereocenters. The van der Waals surface area contributed by atoms with Crippen molar-refractivity contribution in [3.63, 3.8) is 0 Å². The molecular weight excluding hydrogens is 747 g/mol. The summed E-state index contributed by atoms with van der Waals surface area (Å²) in [5, 5.41) is 19.0. The smallest absolute Gasteiger partial charge is 0.308 e. The normalized spacial score (nSPS) is 15.9. The molecule has 24 heteroatoms. The van der Waals surface area contributed by atoms with Crippen LogP contribution in [0.25, 0.3) is 0 Å². The summed E-state index contributed by atoms with van der Waals surface area (Å²) in [6, 6.07) is 8.39. The fourth-order valence-electron chi connectivity index (χ4n) is 4.27. The number of benzene rings is 2. The quantitative estimate of drug-likeness (QED) is 0.0793. The van der Waals surface area contributed by atoms with Crippen molar-refractivity contribution >= 4 is 78.2 Å². The van der Waals surface area contributed by atoms with E-state index in [2.05, 4.69) is 40.7 Å². The van der Waals surface area contributed by atoms with Gasteiger partial charge in [-0.2, -0.15) is 44.5 Å². The van der Waals surface area contributed by atoms with Crippen LogP contribution in [0.2, 0.25) is 0 Å². The third-order valence-electron chi connectivity index (χ3n) is 6.94. The van der Waals surface area contributed by atoms with Crippen molar-refractivity contribution in [2.24, 2.45) is 10.2 Å². The first-order chi connectivity index (χ1) is 22.4.